The first-order valence-electron chi connectivity index (χ1n) is 10.9. The SMILES string of the molecule is Cl.O=C(O)COc1cccc(C(CN2CC[C@H](O)C2)NC(=O)Cc2ccc3c(c2)NC(=O)C3)c1.S. The topological polar surface area (TPSA) is 128 Å². The molecule has 1 unspecified atom stereocenters. The molecule has 2 aliphatic rings. The molecule has 1 fully saturated rings. The van der Waals surface area contributed by atoms with Gasteiger partial charge in [-0.3, -0.25) is 14.5 Å². The summed E-state index contributed by atoms with van der Waals surface area (Å²) < 4.78 is 5.30. The lowest BCUT2D eigenvalue weighted by molar-refractivity contribution is -0.139. The zero-order valence-corrected chi connectivity index (χ0v) is 20.8. The second-order valence-electron chi connectivity index (χ2n) is 8.47. The molecule has 0 radical (unpaired) electrons. The molecule has 2 aliphatic heterocycles. The van der Waals surface area contributed by atoms with Crippen molar-refractivity contribution in [1.29, 1.82) is 0 Å². The number of anilines is 1. The number of ether oxygens (including phenoxy) is 1. The minimum Gasteiger partial charge on any atom is -0.482 e. The van der Waals surface area contributed by atoms with Gasteiger partial charge < -0.3 is 25.6 Å². The highest BCUT2D eigenvalue weighted by Crippen LogP contribution is 2.25. The van der Waals surface area contributed by atoms with E-state index in [0.717, 1.165) is 28.9 Å². The predicted octanol–water partition coefficient (Wildman–Crippen LogP) is 1.65. The largest absolute Gasteiger partial charge is 0.482 e. The van der Waals surface area contributed by atoms with E-state index in [1.54, 1.807) is 18.2 Å². The fourth-order valence-electron chi connectivity index (χ4n) is 4.24. The van der Waals surface area contributed by atoms with Crippen LogP contribution in [0.4, 0.5) is 5.69 Å². The van der Waals surface area contributed by atoms with Crippen LogP contribution in [0, 0.1) is 0 Å². The van der Waals surface area contributed by atoms with Crippen molar-refractivity contribution in [2.75, 3.05) is 31.6 Å². The lowest BCUT2D eigenvalue weighted by Crippen LogP contribution is -2.38. The third kappa shape index (κ3) is 7.86. The van der Waals surface area contributed by atoms with E-state index in [9.17, 15) is 19.5 Å². The molecule has 9 nitrogen and oxygen atoms in total. The Labute approximate surface area is 216 Å². The quantitative estimate of drug-likeness (QED) is 0.393. The number of hydrogen-bond acceptors (Lipinski definition) is 6. The Balaban J connectivity index is 0.00000216. The van der Waals surface area contributed by atoms with Crippen LogP contribution in [0.15, 0.2) is 42.5 Å². The summed E-state index contributed by atoms with van der Waals surface area (Å²) in [6.45, 7) is 1.32. The van der Waals surface area contributed by atoms with Crippen molar-refractivity contribution in [2.45, 2.75) is 31.4 Å². The monoisotopic (exact) mass is 523 g/mol. The first kappa shape index (κ1) is 28.4. The molecule has 2 atom stereocenters. The molecule has 0 aliphatic carbocycles. The van der Waals surface area contributed by atoms with Crippen LogP contribution in [0.3, 0.4) is 0 Å². The second kappa shape index (κ2) is 12.8. The van der Waals surface area contributed by atoms with Gasteiger partial charge >= 0.3 is 5.97 Å². The van der Waals surface area contributed by atoms with Crippen LogP contribution >= 0.6 is 25.9 Å². The number of benzene rings is 2. The minimum absolute atomic E-state index is 0. The van der Waals surface area contributed by atoms with E-state index in [1.807, 2.05) is 24.3 Å². The van der Waals surface area contributed by atoms with E-state index in [0.29, 0.717) is 31.7 Å². The molecule has 4 rings (SSSR count). The summed E-state index contributed by atoms with van der Waals surface area (Å²) in [6, 6.07) is 12.2. The molecular weight excluding hydrogens is 494 g/mol. The molecule has 0 saturated carbocycles. The minimum atomic E-state index is -1.07. The summed E-state index contributed by atoms with van der Waals surface area (Å²) in [7, 11) is 0. The third-order valence-electron chi connectivity index (χ3n) is 5.81. The number of halogens is 1. The number of fused-ring (bicyclic) bond motifs is 1. The van der Waals surface area contributed by atoms with Gasteiger partial charge in [-0.15, -0.1) is 12.4 Å². The average Bonchev–Trinajstić information content (AvgIpc) is 3.35. The van der Waals surface area contributed by atoms with Gasteiger partial charge in [0.15, 0.2) is 6.61 Å². The van der Waals surface area contributed by atoms with Gasteiger partial charge in [0.25, 0.3) is 0 Å². The number of aliphatic hydroxyl groups excluding tert-OH is 1. The Morgan fingerprint density at radius 2 is 2.03 bits per heavy atom. The number of nitrogens with one attached hydrogen (secondary N) is 2. The van der Waals surface area contributed by atoms with E-state index < -0.39 is 12.6 Å². The van der Waals surface area contributed by atoms with Gasteiger partial charge in [-0.05, 0) is 41.3 Å². The fourth-order valence-corrected chi connectivity index (χ4v) is 4.24. The first-order chi connectivity index (χ1) is 15.9. The van der Waals surface area contributed by atoms with Crippen molar-refractivity contribution in [3.05, 3.63) is 59.2 Å². The molecule has 2 aromatic rings. The normalized spacial score (nSPS) is 17.4. The van der Waals surface area contributed by atoms with Crippen molar-refractivity contribution in [1.82, 2.24) is 10.2 Å². The Hall–Kier alpha value is -2.79. The molecular formula is C24H30ClN3O6S. The predicted molar refractivity (Wildman–Crippen MR) is 138 cm³/mol. The van der Waals surface area contributed by atoms with Gasteiger partial charge in [-0.1, -0.05) is 24.3 Å². The van der Waals surface area contributed by atoms with Gasteiger partial charge in [-0.25, -0.2) is 4.79 Å². The second-order valence-corrected chi connectivity index (χ2v) is 8.47. The number of likely N-dealkylation sites (tertiary alicyclic amines) is 1. The van der Waals surface area contributed by atoms with Crippen LogP contribution in [0.25, 0.3) is 0 Å². The number of amides is 2. The maximum absolute atomic E-state index is 12.9. The average molecular weight is 524 g/mol. The molecule has 0 spiro atoms. The number of nitrogens with zero attached hydrogens (tertiary/aromatic N) is 1. The van der Waals surface area contributed by atoms with E-state index in [4.69, 9.17) is 9.84 Å². The Bertz CT molecular complexity index is 1070. The summed E-state index contributed by atoms with van der Waals surface area (Å²) in [6.07, 6.45) is 0.806. The molecule has 190 valence electrons. The highest BCUT2D eigenvalue weighted by atomic mass is 35.5. The number of hydrogen-bond donors (Lipinski definition) is 4. The summed E-state index contributed by atoms with van der Waals surface area (Å²) >= 11 is 0. The molecule has 11 heteroatoms. The van der Waals surface area contributed by atoms with Crippen LogP contribution in [-0.2, 0) is 27.2 Å². The van der Waals surface area contributed by atoms with Crippen LogP contribution in [0.5, 0.6) is 5.75 Å². The van der Waals surface area contributed by atoms with Crippen LogP contribution < -0.4 is 15.4 Å². The smallest absolute Gasteiger partial charge is 0.341 e. The standard InChI is InChI=1S/C24H27N3O6.ClH.H2S/c28-18-6-7-27(12-18)13-21(16-2-1-3-19(10-16)33-14-24(31)32)26-22(29)9-15-4-5-17-11-23(30)25-20(17)8-15;;/h1-5,8,10,18,21,28H,6-7,9,11-14H2,(H,25,30)(H,26,29)(H,31,32);1H;1H2/t18-,21?;;/m0../s1. The zero-order chi connectivity index (χ0) is 23.4. The fraction of sp³-hybridized carbons (Fsp3) is 0.375. The maximum atomic E-state index is 12.9. The number of aliphatic hydroxyl groups is 1. The summed E-state index contributed by atoms with van der Waals surface area (Å²) in [5.41, 5.74) is 3.25. The van der Waals surface area contributed by atoms with E-state index in [1.165, 1.54) is 0 Å². The van der Waals surface area contributed by atoms with Crippen molar-refractivity contribution in [2.24, 2.45) is 0 Å². The van der Waals surface area contributed by atoms with Crippen molar-refractivity contribution < 1.29 is 29.3 Å². The third-order valence-corrected chi connectivity index (χ3v) is 5.81. The van der Waals surface area contributed by atoms with Gasteiger partial charge in [0, 0.05) is 25.3 Å². The van der Waals surface area contributed by atoms with Crippen LogP contribution in [0.1, 0.15) is 29.2 Å². The number of carbonyl (C=O) groups is 3. The van der Waals surface area contributed by atoms with Crippen molar-refractivity contribution in [3.8, 4) is 5.75 Å². The van der Waals surface area contributed by atoms with Gasteiger partial charge in [0.2, 0.25) is 11.8 Å². The van der Waals surface area contributed by atoms with Gasteiger partial charge in [0.05, 0.1) is 25.0 Å². The Morgan fingerprint density at radius 1 is 1.23 bits per heavy atom. The number of carboxylic acid groups (broad SMARTS) is 1. The highest BCUT2D eigenvalue weighted by Gasteiger charge is 2.25. The molecule has 0 aromatic heterocycles. The van der Waals surface area contributed by atoms with Crippen LogP contribution in [0.2, 0.25) is 0 Å². The lowest BCUT2D eigenvalue weighted by atomic mass is 10.0. The molecule has 0 bridgehead atoms. The number of aliphatic carboxylic acids is 1. The van der Waals surface area contributed by atoms with Crippen LogP contribution in [-0.4, -0.2) is 65.2 Å². The van der Waals surface area contributed by atoms with E-state index >= 15 is 0 Å². The number of rotatable bonds is 9. The van der Waals surface area contributed by atoms with E-state index in [-0.39, 0.29) is 56.3 Å². The number of β-amino-alcohol motifs (C(OH)–C–C–N with tert-alkyl or cyclic N) is 1. The molecule has 1 saturated heterocycles. The molecule has 35 heavy (non-hydrogen) atoms. The molecule has 2 amide bonds. The Kier molecular flexibility index (Phi) is 10.4. The molecule has 2 aromatic carbocycles. The van der Waals surface area contributed by atoms with E-state index in [2.05, 4.69) is 15.5 Å². The van der Waals surface area contributed by atoms with Gasteiger partial charge in [-0.2, -0.15) is 13.5 Å². The maximum Gasteiger partial charge on any atom is 0.341 e. The summed E-state index contributed by atoms with van der Waals surface area (Å²) in [4.78, 5) is 37.4. The zero-order valence-electron chi connectivity index (χ0n) is 19.0. The first-order valence-corrected chi connectivity index (χ1v) is 10.9. The van der Waals surface area contributed by atoms with Gasteiger partial charge in [0.1, 0.15) is 5.75 Å². The van der Waals surface area contributed by atoms with Crippen molar-refractivity contribution >= 4 is 49.4 Å². The summed E-state index contributed by atoms with van der Waals surface area (Å²) in [5.74, 6) is -0.892. The molecule has 2 heterocycles. The Morgan fingerprint density at radius 3 is 2.74 bits per heavy atom. The number of carbonyl (C=O) groups excluding carboxylic acids is 2. The number of carboxylic acids is 1. The highest BCUT2D eigenvalue weighted by molar-refractivity contribution is 7.59. The van der Waals surface area contributed by atoms with Crippen molar-refractivity contribution in [3.63, 3.8) is 0 Å². The summed E-state index contributed by atoms with van der Waals surface area (Å²) in [5, 5.41) is 24.6. The lowest BCUT2D eigenvalue weighted by Gasteiger charge is -2.25. The molecule has 4 N–H and O–H groups in total.